The van der Waals surface area contributed by atoms with Gasteiger partial charge in [0.05, 0.1) is 20.4 Å². The zero-order valence-electron chi connectivity index (χ0n) is 9.59. The molecule has 0 radical (unpaired) electrons. The first-order valence-corrected chi connectivity index (χ1v) is 5.45. The number of hydrogen-bond acceptors (Lipinski definition) is 6. The minimum atomic E-state index is -0.724. The molecule has 0 aliphatic carbocycles. The molecule has 0 saturated heterocycles. The SMILES string of the molecule is O=C(c1ccc([N+](=O)[O-])cc1Cl)n1cc([N+](=O)[O-])cn1. The lowest BCUT2D eigenvalue weighted by molar-refractivity contribution is -0.385. The Morgan fingerprint density at radius 1 is 1.20 bits per heavy atom. The lowest BCUT2D eigenvalue weighted by Crippen LogP contribution is -2.13. The highest BCUT2D eigenvalue weighted by atomic mass is 35.5. The van der Waals surface area contributed by atoms with Crippen molar-refractivity contribution >= 4 is 28.9 Å². The Morgan fingerprint density at radius 3 is 2.35 bits per heavy atom. The van der Waals surface area contributed by atoms with E-state index in [-0.39, 0.29) is 22.0 Å². The van der Waals surface area contributed by atoms with Crippen molar-refractivity contribution in [2.75, 3.05) is 0 Å². The van der Waals surface area contributed by atoms with E-state index < -0.39 is 15.8 Å². The molecule has 2 aromatic rings. The smallest absolute Gasteiger partial charge is 0.267 e. The number of benzene rings is 1. The van der Waals surface area contributed by atoms with Gasteiger partial charge in [0.1, 0.15) is 12.4 Å². The van der Waals surface area contributed by atoms with Crippen molar-refractivity contribution in [3.63, 3.8) is 0 Å². The Balaban J connectivity index is 2.37. The summed E-state index contributed by atoms with van der Waals surface area (Å²) in [4.78, 5) is 31.7. The molecule has 0 saturated carbocycles. The van der Waals surface area contributed by atoms with Crippen molar-refractivity contribution in [3.05, 3.63) is 61.4 Å². The number of hydrogen-bond donors (Lipinski definition) is 0. The number of carbonyl (C=O) groups excluding carboxylic acids is 1. The summed E-state index contributed by atoms with van der Waals surface area (Å²) in [6.45, 7) is 0. The van der Waals surface area contributed by atoms with Crippen LogP contribution in [0.15, 0.2) is 30.6 Å². The Hall–Kier alpha value is -2.81. The fourth-order valence-corrected chi connectivity index (χ4v) is 1.69. The lowest BCUT2D eigenvalue weighted by Gasteiger charge is -2.02. The van der Waals surface area contributed by atoms with Gasteiger partial charge in [-0.3, -0.25) is 25.0 Å². The Bertz CT molecular complexity index is 726. The summed E-state index contributed by atoms with van der Waals surface area (Å²) in [5.74, 6) is -0.724. The van der Waals surface area contributed by atoms with Crippen LogP contribution in [0.5, 0.6) is 0 Å². The highest BCUT2D eigenvalue weighted by Gasteiger charge is 2.19. The van der Waals surface area contributed by atoms with E-state index in [9.17, 15) is 25.0 Å². The predicted octanol–water partition coefficient (Wildman–Crippen LogP) is 2.04. The second-order valence-electron chi connectivity index (χ2n) is 3.63. The Morgan fingerprint density at radius 2 is 1.85 bits per heavy atom. The first kappa shape index (κ1) is 13.6. The van der Waals surface area contributed by atoms with Crippen molar-refractivity contribution in [2.24, 2.45) is 0 Å². The number of nitrogens with zero attached hydrogens (tertiary/aromatic N) is 4. The fraction of sp³-hybridized carbons (Fsp3) is 0. The van der Waals surface area contributed by atoms with Gasteiger partial charge in [-0.25, -0.2) is 0 Å². The summed E-state index contributed by atoms with van der Waals surface area (Å²) in [5.41, 5.74) is -0.662. The van der Waals surface area contributed by atoms with Crippen LogP contribution in [-0.2, 0) is 0 Å². The molecule has 102 valence electrons. The molecular formula is C10H5ClN4O5. The molecule has 20 heavy (non-hydrogen) atoms. The first-order chi connectivity index (χ1) is 9.40. The van der Waals surface area contributed by atoms with E-state index in [0.717, 1.165) is 35.3 Å². The summed E-state index contributed by atoms with van der Waals surface area (Å²) < 4.78 is 0.741. The molecule has 2 rings (SSSR count). The van der Waals surface area contributed by atoms with Crippen LogP contribution in [0.1, 0.15) is 10.4 Å². The largest absolute Gasteiger partial charge is 0.307 e. The molecule has 0 aliphatic rings. The minimum Gasteiger partial charge on any atom is -0.267 e. The number of nitro benzene ring substituents is 1. The molecule has 0 aliphatic heterocycles. The maximum Gasteiger partial charge on any atom is 0.307 e. The van der Waals surface area contributed by atoms with Gasteiger partial charge >= 0.3 is 5.69 Å². The number of aromatic nitrogens is 2. The lowest BCUT2D eigenvalue weighted by atomic mass is 10.2. The number of non-ortho nitro benzene ring substituents is 1. The van der Waals surface area contributed by atoms with Crippen LogP contribution in [0.25, 0.3) is 0 Å². The highest BCUT2D eigenvalue weighted by molar-refractivity contribution is 6.34. The standard InChI is InChI=1S/C10H5ClN4O5/c11-9-3-6(14(17)18)1-2-8(9)10(16)13-5-7(4-12-13)15(19)20/h1-5H. The minimum absolute atomic E-state index is 0.0461. The molecule has 9 nitrogen and oxygen atoms in total. The van der Waals surface area contributed by atoms with E-state index in [1.165, 1.54) is 0 Å². The topological polar surface area (TPSA) is 121 Å². The second kappa shape index (κ2) is 5.05. The van der Waals surface area contributed by atoms with Crippen LogP contribution in [0.2, 0.25) is 5.02 Å². The Kier molecular flexibility index (Phi) is 3.44. The van der Waals surface area contributed by atoms with Crippen molar-refractivity contribution in [1.82, 2.24) is 9.78 Å². The molecule has 0 N–H and O–H groups in total. The zero-order valence-corrected chi connectivity index (χ0v) is 10.4. The molecular weight excluding hydrogens is 292 g/mol. The van der Waals surface area contributed by atoms with Gasteiger partial charge in [0.25, 0.3) is 11.6 Å². The summed E-state index contributed by atoms with van der Waals surface area (Å²) in [6, 6.07) is 3.29. The molecule has 1 heterocycles. The first-order valence-electron chi connectivity index (χ1n) is 5.08. The van der Waals surface area contributed by atoms with Gasteiger partial charge in [0, 0.05) is 12.1 Å². The average Bonchev–Trinajstić information content (AvgIpc) is 2.87. The van der Waals surface area contributed by atoms with E-state index in [2.05, 4.69) is 5.10 Å². The molecule has 0 atom stereocenters. The summed E-state index contributed by atoms with van der Waals surface area (Å²) in [6.07, 6.45) is 1.84. The number of halogens is 1. The summed E-state index contributed by atoms with van der Waals surface area (Å²) in [7, 11) is 0. The summed E-state index contributed by atoms with van der Waals surface area (Å²) in [5, 5.41) is 24.5. The van der Waals surface area contributed by atoms with Crippen LogP contribution in [0.3, 0.4) is 0 Å². The summed E-state index contributed by atoms with van der Waals surface area (Å²) >= 11 is 5.79. The third kappa shape index (κ3) is 2.47. The van der Waals surface area contributed by atoms with Crippen LogP contribution < -0.4 is 0 Å². The third-order valence-electron chi connectivity index (χ3n) is 2.38. The molecule has 0 spiro atoms. The number of rotatable bonds is 3. The Labute approximate surface area is 115 Å². The maximum absolute atomic E-state index is 12.0. The molecule has 10 heteroatoms. The van der Waals surface area contributed by atoms with Crippen LogP contribution >= 0.6 is 11.6 Å². The van der Waals surface area contributed by atoms with Crippen LogP contribution in [0.4, 0.5) is 11.4 Å². The average molecular weight is 297 g/mol. The van der Waals surface area contributed by atoms with Gasteiger partial charge in [-0.05, 0) is 6.07 Å². The molecule has 0 fully saturated rings. The molecule has 0 bridgehead atoms. The van der Waals surface area contributed by atoms with E-state index in [1.807, 2.05) is 0 Å². The van der Waals surface area contributed by atoms with E-state index >= 15 is 0 Å². The van der Waals surface area contributed by atoms with E-state index in [1.54, 1.807) is 0 Å². The van der Waals surface area contributed by atoms with Gasteiger partial charge in [-0.1, -0.05) is 11.6 Å². The van der Waals surface area contributed by atoms with Gasteiger partial charge in [0.2, 0.25) is 0 Å². The normalized spacial score (nSPS) is 10.2. The molecule has 0 unspecified atom stereocenters. The highest BCUT2D eigenvalue weighted by Crippen LogP contribution is 2.23. The number of carbonyl (C=O) groups is 1. The fourth-order valence-electron chi connectivity index (χ4n) is 1.43. The van der Waals surface area contributed by atoms with Crippen molar-refractivity contribution in [2.45, 2.75) is 0 Å². The number of nitro groups is 2. The van der Waals surface area contributed by atoms with E-state index in [0.29, 0.717) is 0 Å². The third-order valence-corrected chi connectivity index (χ3v) is 2.69. The van der Waals surface area contributed by atoms with Gasteiger partial charge in [0.15, 0.2) is 0 Å². The molecule has 0 amide bonds. The van der Waals surface area contributed by atoms with E-state index in [4.69, 9.17) is 11.6 Å². The molecule has 1 aromatic carbocycles. The molecule has 1 aromatic heterocycles. The van der Waals surface area contributed by atoms with Gasteiger partial charge in [-0.2, -0.15) is 9.78 Å². The van der Waals surface area contributed by atoms with Crippen molar-refractivity contribution in [1.29, 1.82) is 0 Å². The maximum atomic E-state index is 12.0. The second-order valence-corrected chi connectivity index (χ2v) is 4.03. The van der Waals surface area contributed by atoms with Crippen molar-refractivity contribution < 1.29 is 14.6 Å². The zero-order chi connectivity index (χ0) is 14.9. The van der Waals surface area contributed by atoms with Crippen LogP contribution in [-0.4, -0.2) is 25.5 Å². The predicted molar refractivity (Wildman–Crippen MR) is 66.7 cm³/mol. The van der Waals surface area contributed by atoms with Crippen molar-refractivity contribution in [3.8, 4) is 0 Å². The monoisotopic (exact) mass is 296 g/mol. The van der Waals surface area contributed by atoms with Crippen LogP contribution in [0, 0.1) is 20.2 Å². The van der Waals surface area contributed by atoms with Gasteiger partial charge < -0.3 is 0 Å². The van der Waals surface area contributed by atoms with Gasteiger partial charge in [-0.15, -0.1) is 0 Å². The quantitative estimate of drug-likeness (QED) is 0.631.